The summed E-state index contributed by atoms with van der Waals surface area (Å²) >= 11 is 8.10. The number of nitrogens with zero attached hydrogens (tertiary/aromatic N) is 1. The Hall–Kier alpha value is -1.67. The van der Waals surface area contributed by atoms with E-state index in [4.69, 9.17) is 18.0 Å². The second-order valence-electron chi connectivity index (χ2n) is 4.10. The van der Waals surface area contributed by atoms with Crippen molar-refractivity contribution in [1.82, 2.24) is 4.98 Å². The van der Waals surface area contributed by atoms with Gasteiger partial charge >= 0.3 is 6.18 Å². The molecule has 0 saturated carbocycles. The van der Waals surface area contributed by atoms with E-state index in [1.807, 2.05) is 0 Å². The molecule has 0 aliphatic rings. The highest BCUT2D eigenvalue weighted by atomic mass is 79.9. The van der Waals surface area contributed by atoms with Crippen LogP contribution in [0.3, 0.4) is 0 Å². The normalized spacial score (nSPS) is 11.2. The highest BCUT2D eigenvalue weighted by molar-refractivity contribution is 9.10. The lowest BCUT2D eigenvalue weighted by Crippen LogP contribution is -2.12. The zero-order chi connectivity index (χ0) is 15.6. The first-order valence-corrected chi connectivity index (χ1v) is 6.87. The Morgan fingerprint density at radius 2 is 1.95 bits per heavy atom. The minimum absolute atomic E-state index is 0.128. The highest BCUT2D eigenvalue weighted by Gasteiger charge is 2.31. The van der Waals surface area contributed by atoms with Crippen molar-refractivity contribution in [2.45, 2.75) is 6.18 Å². The number of hydrogen-bond acceptors (Lipinski definition) is 3. The van der Waals surface area contributed by atoms with Gasteiger partial charge < -0.3 is 11.1 Å². The zero-order valence-corrected chi connectivity index (χ0v) is 12.8. The Morgan fingerprint density at radius 1 is 1.24 bits per heavy atom. The number of benzene rings is 1. The molecule has 0 aliphatic heterocycles. The van der Waals surface area contributed by atoms with Crippen LogP contribution in [0.15, 0.2) is 41.1 Å². The van der Waals surface area contributed by atoms with E-state index in [1.54, 1.807) is 6.07 Å². The van der Waals surface area contributed by atoms with E-state index in [0.717, 1.165) is 12.1 Å². The molecule has 0 saturated heterocycles. The first-order chi connectivity index (χ1) is 9.79. The van der Waals surface area contributed by atoms with E-state index in [-0.39, 0.29) is 10.7 Å². The zero-order valence-electron chi connectivity index (χ0n) is 10.4. The Balaban J connectivity index is 2.43. The average Bonchev–Trinajstić information content (AvgIpc) is 2.40. The van der Waals surface area contributed by atoms with Crippen molar-refractivity contribution >= 4 is 44.5 Å². The molecule has 3 N–H and O–H groups in total. The van der Waals surface area contributed by atoms with Gasteiger partial charge in [0.15, 0.2) is 0 Å². The third-order valence-electron chi connectivity index (χ3n) is 2.65. The summed E-state index contributed by atoms with van der Waals surface area (Å²) in [5, 5.41) is 2.86. The summed E-state index contributed by atoms with van der Waals surface area (Å²) in [7, 11) is 0. The molecule has 2 aromatic rings. The molecule has 8 heteroatoms. The van der Waals surface area contributed by atoms with E-state index in [1.165, 1.54) is 18.5 Å². The highest BCUT2D eigenvalue weighted by Crippen LogP contribution is 2.35. The largest absolute Gasteiger partial charge is 0.416 e. The summed E-state index contributed by atoms with van der Waals surface area (Å²) < 4.78 is 38.7. The van der Waals surface area contributed by atoms with Gasteiger partial charge in [0, 0.05) is 16.2 Å². The van der Waals surface area contributed by atoms with E-state index >= 15 is 0 Å². The molecule has 2 rings (SSSR count). The molecule has 0 amide bonds. The van der Waals surface area contributed by atoms with Gasteiger partial charge in [0.05, 0.1) is 23.1 Å². The van der Waals surface area contributed by atoms with Crippen molar-refractivity contribution in [3.05, 3.63) is 52.3 Å². The van der Waals surface area contributed by atoms with Gasteiger partial charge in [-0.05, 0) is 40.2 Å². The smallest absolute Gasteiger partial charge is 0.389 e. The summed E-state index contributed by atoms with van der Waals surface area (Å²) in [5.74, 6) is 0. The van der Waals surface area contributed by atoms with Crippen molar-refractivity contribution in [3.63, 3.8) is 0 Å². The van der Waals surface area contributed by atoms with Crippen LogP contribution in [0.25, 0.3) is 0 Å². The van der Waals surface area contributed by atoms with Crippen LogP contribution in [-0.2, 0) is 6.18 Å². The van der Waals surface area contributed by atoms with Crippen LogP contribution in [0.5, 0.6) is 0 Å². The van der Waals surface area contributed by atoms with Crippen molar-refractivity contribution < 1.29 is 13.2 Å². The molecule has 1 aromatic carbocycles. The van der Waals surface area contributed by atoms with Crippen LogP contribution in [0.4, 0.5) is 24.5 Å². The van der Waals surface area contributed by atoms with Crippen LogP contribution in [0.2, 0.25) is 0 Å². The van der Waals surface area contributed by atoms with E-state index in [2.05, 4.69) is 26.2 Å². The van der Waals surface area contributed by atoms with E-state index in [0.29, 0.717) is 15.7 Å². The minimum Gasteiger partial charge on any atom is -0.389 e. The van der Waals surface area contributed by atoms with Gasteiger partial charge in [-0.3, -0.25) is 4.98 Å². The average molecular weight is 376 g/mol. The maximum Gasteiger partial charge on any atom is 0.416 e. The Kier molecular flexibility index (Phi) is 4.48. The maximum atomic E-state index is 12.7. The predicted octanol–water partition coefficient (Wildman–Crippen LogP) is 4.24. The van der Waals surface area contributed by atoms with Crippen LogP contribution in [-0.4, -0.2) is 9.97 Å². The topological polar surface area (TPSA) is 50.9 Å². The van der Waals surface area contributed by atoms with Gasteiger partial charge in [-0.2, -0.15) is 13.2 Å². The third-order valence-corrected chi connectivity index (χ3v) is 3.56. The van der Waals surface area contributed by atoms with Crippen LogP contribution in [0, 0.1) is 0 Å². The second kappa shape index (κ2) is 5.98. The van der Waals surface area contributed by atoms with E-state index in [9.17, 15) is 13.2 Å². The summed E-state index contributed by atoms with van der Waals surface area (Å²) in [6.45, 7) is 0. The lowest BCUT2D eigenvalue weighted by molar-refractivity contribution is -0.137. The van der Waals surface area contributed by atoms with Gasteiger partial charge in [-0.25, -0.2) is 0 Å². The number of nitrogens with two attached hydrogens (primary N) is 1. The molecule has 0 unspecified atom stereocenters. The van der Waals surface area contributed by atoms with E-state index < -0.39 is 11.7 Å². The molecule has 110 valence electrons. The number of hydrogen-bond donors (Lipinski definition) is 2. The number of alkyl halides is 3. The molecule has 0 bridgehead atoms. The van der Waals surface area contributed by atoms with Gasteiger partial charge in [0.1, 0.15) is 4.99 Å². The second-order valence-corrected chi connectivity index (χ2v) is 5.40. The molecule has 21 heavy (non-hydrogen) atoms. The monoisotopic (exact) mass is 375 g/mol. The summed E-state index contributed by atoms with van der Waals surface area (Å²) in [4.78, 5) is 4.04. The first-order valence-electron chi connectivity index (χ1n) is 5.66. The summed E-state index contributed by atoms with van der Waals surface area (Å²) in [6, 6.07) is 4.90. The molecule has 1 heterocycles. The number of halogens is 4. The number of anilines is 2. The van der Waals surface area contributed by atoms with Gasteiger partial charge in [0.2, 0.25) is 0 Å². The minimum atomic E-state index is -4.42. The first kappa shape index (κ1) is 15.7. The SMILES string of the molecule is NC(=S)c1ccncc1Nc1cc(C(F)(F)F)ccc1Br. The van der Waals surface area contributed by atoms with Crippen molar-refractivity contribution in [3.8, 4) is 0 Å². The molecule has 0 radical (unpaired) electrons. The van der Waals surface area contributed by atoms with Crippen LogP contribution >= 0.6 is 28.1 Å². The Bertz CT molecular complexity index is 689. The van der Waals surface area contributed by atoms with Crippen LogP contribution in [0.1, 0.15) is 11.1 Å². The molecular weight excluding hydrogens is 367 g/mol. The fourth-order valence-electron chi connectivity index (χ4n) is 1.65. The fraction of sp³-hybridized carbons (Fsp3) is 0.0769. The van der Waals surface area contributed by atoms with Gasteiger partial charge in [0.25, 0.3) is 0 Å². The standard InChI is InChI=1S/C13H9BrF3N3S/c14-9-2-1-7(13(15,16)17)5-10(9)20-11-6-19-4-3-8(11)12(18)21/h1-6,20H,(H2,18,21). The Morgan fingerprint density at radius 3 is 2.57 bits per heavy atom. The van der Waals surface area contributed by atoms with Gasteiger partial charge in [-0.1, -0.05) is 12.2 Å². The molecule has 0 aliphatic carbocycles. The lowest BCUT2D eigenvalue weighted by atomic mass is 10.1. The van der Waals surface area contributed by atoms with Crippen molar-refractivity contribution in [1.29, 1.82) is 0 Å². The lowest BCUT2D eigenvalue weighted by Gasteiger charge is -2.14. The maximum absolute atomic E-state index is 12.7. The van der Waals surface area contributed by atoms with Gasteiger partial charge in [-0.15, -0.1) is 0 Å². The number of pyridine rings is 1. The molecule has 0 fully saturated rings. The number of thiocarbonyl (C=S) groups is 1. The van der Waals surface area contributed by atoms with Crippen molar-refractivity contribution in [2.24, 2.45) is 5.73 Å². The Labute approximate surface area is 132 Å². The number of aromatic nitrogens is 1. The fourth-order valence-corrected chi connectivity index (χ4v) is 2.18. The summed E-state index contributed by atoms with van der Waals surface area (Å²) in [6.07, 6.45) is -1.47. The summed E-state index contributed by atoms with van der Waals surface area (Å²) in [5.41, 5.74) is 6.01. The molecular formula is C13H9BrF3N3S. The molecule has 0 spiro atoms. The molecule has 1 aromatic heterocycles. The molecule has 0 atom stereocenters. The number of rotatable bonds is 3. The van der Waals surface area contributed by atoms with Crippen molar-refractivity contribution in [2.75, 3.05) is 5.32 Å². The third kappa shape index (κ3) is 3.70. The predicted molar refractivity (Wildman–Crippen MR) is 82.6 cm³/mol. The van der Waals surface area contributed by atoms with Crippen LogP contribution < -0.4 is 11.1 Å². The number of nitrogens with one attached hydrogen (secondary N) is 1. The molecule has 3 nitrogen and oxygen atoms in total. The quantitative estimate of drug-likeness (QED) is 0.787.